The molecule has 0 aromatic carbocycles. The number of aliphatic hydroxyl groups excluding tert-OH is 1. The molecule has 2 aromatic heterocycles. The number of aliphatic hydroxyl groups is 1. The standard InChI is InChI=1S/C15H19N3O2/c19-10-4-8-17(12-5-3-6-12)15(20)13-11-16-18-9-2-1-7-14(13)18/h1-2,7,9,11-12,19H,3-6,8,10H2. The van der Waals surface area contributed by atoms with Crippen LogP contribution in [0.2, 0.25) is 0 Å². The normalized spacial score (nSPS) is 15.2. The maximum absolute atomic E-state index is 12.8. The molecule has 1 aliphatic rings. The van der Waals surface area contributed by atoms with E-state index in [-0.39, 0.29) is 12.5 Å². The Hall–Kier alpha value is -1.88. The molecule has 1 saturated carbocycles. The van der Waals surface area contributed by atoms with Crippen LogP contribution < -0.4 is 0 Å². The van der Waals surface area contributed by atoms with Gasteiger partial charge in [0.25, 0.3) is 5.91 Å². The van der Waals surface area contributed by atoms with Gasteiger partial charge < -0.3 is 10.0 Å². The third-order valence-corrected chi connectivity index (χ3v) is 3.99. The van der Waals surface area contributed by atoms with Crippen molar-refractivity contribution < 1.29 is 9.90 Å². The van der Waals surface area contributed by atoms with E-state index in [0.29, 0.717) is 24.6 Å². The fraction of sp³-hybridized carbons (Fsp3) is 0.467. The van der Waals surface area contributed by atoms with Crippen LogP contribution in [0.3, 0.4) is 0 Å². The van der Waals surface area contributed by atoms with Gasteiger partial charge in [-0.05, 0) is 37.8 Å². The molecule has 0 aliphatic heterocycles. The summed E-state index contributed by atoms with van der Waals surface area (Å²) in [6.45, 7) is 0.732. The minimum atomic E-state index is 0.0318. The van der Waals surface area contributed by atoms with Gasteiger partial charge in [0.05, 0.1) is 17.3 Å². The average Bonchev–Trinajstić information content (AvgIpc) is 2.84. The van der Waals surface area contributed by atoms with Gasteiger partial charge in [-0.15, -0.1) is 0 Å². The molecule has 20 heavy (non-hydrogen) atoms. The first-order valence-corrected chi connectivity index (χ1v) is 7.15. The van der Waals surface area contributed by atoms with Crippen molar-refractivity contribution in [1.29, 1.82) is 0 Å². The van der Waals surface area contributed by atoms with E-state index in [9.17, 15) is 4.79 Å². The zero-order chi connectivity index (χ0) is 13.9. The maximum atomic E-state index is 12.8. The van der Waals surface area contributed by atoms with Crippen LogP contribution in [0.1, 0.15) is 36.0 Å². The first kappa shape index (κ1) is 13.1. The van der Waals surface area contributed by atoms with Gasteiger partial charge in [0.15, 0.2) is 0 Å². The average molecular weight is 273 g/mol. The van der Waals surface area contributed by atoms with Crippen LogP contribution in [0.25, 0.3) is 5.52 Å². The highest BCUT2D eigenvalue weighted by Gasteiger charge is 2.30. The summed E-state index contributed by atoms with van der Waals surface area (Å²) in [4.78, 5) is 14.7. The molecule has 3 rings (SSSR count). The molecular formula is C15H19N3O2. The minimum Gasteiger partial charge on any atom is -0.396 e. The number of hydrogen-bond donors (Lipinski definition) is 1. The third-order valence-electron chi connectivity index (χ3n) is 3.99. The number of amides is 1. The smallest absolute Gasteiger partial charge is 0.257 e. The summed E-state index contributed by atoms with van der Waals surface area (Å²) in [5.74, 6) is 0.0318. The fourth-order valence-electron chi connectivity index (χ4n) is 2.64. The van der Waals surface area contributed by atoms with E-state index in [1.807, 2.05) is 29.3 Å². The molecule has 106 valence electrons. The van der Waals surface area contributed by atoms with Crippen molar-refractivity contribution in [3.63, 3.8) is 0 Å². The summed E-state index contributed by atoms with van der Waals surface area (Å²) in [5.41, 5.74) is 1.49. The predicted molar refractivity (Wildman–Crippen MR) is 75.6 cm³/mol. The fourth-order valence-corrected chi connectivity index (χ4v) is 2.64. The van der Waals surface area contributed by atoms with Crippen LogP contribution in [-0.2, 0) is 0 Å². The van der Waals surface area contributed by atoms with Crippen molar-refractivity contribution in [3.8, 4) is 0 Å². The van der Waals surface area contributed by atoms with E-state index < -0.39 is 0 Å². The van der Waals surface area contributed by atoms with E-state index in [4.69, 9.17) is 5.11 Å². The Morgan fingerprint density at radius 1 is 1.45 bits per heavy atom. The van der Waals surface area contributed by atoms with E-state index in [1.165, 1.54) is 6.42 Å². The quantitative estimate of drug-likeness (QED) is 0.902. The molecule has 5 nitrogen and oxygen atoms in total. The first-order chi connectivity index (χ1) is 9.81. The zero-order valence-corrected chi connectivity index (χ0v) is 11.4. The zero-order valence-electron chi connectivity index (χ0n) is 11.4. The second-order valence-corrected chi connectivity index (χ2v) is 5.25. The van der Waals surface area contributed by atoms with Gasteiger partial charge in [-0.1, -0.05) is 6.07 Å². The highest BCUT2D eigenvalue weighted by Crippen LogP contribution is 2.27. The van der Waals surface area contributed by atoms with Crippen LogP contribution >= 0.6 is 0 Å². The Kier molecular flexibility index (Phi) is 3.69. The Bertz CT molecular complexity index is 604. The molecule has 1 amide bonds. The monoisotopic (exact) mass is 273 g/mol. The van der Waals surface area contributed by atoms with Crippen molar-refractivity contribution in [1.82, 2.24) is 14.5 Å². The number of hydrogen-bond acceptors (Lipinski definition) is 3. The SMILES string of the molecule is O=C(c1cnn2ccccc12)N(CCCO)C1CCC1. The van der Waals surface area contributed by atoms with E-state index >= 15 is 0 Å². The third kappa shape index (κ3) is 2.29. The molecule has 5 heteroatoms. The lowest BCUT2D eigenvalue weighted by Crippen LogP contribution is -2.44. The minimum absolute atomic E-state index is 0.0318. The first-order valence-electron chi connectivity index (χ1n) is 7.15. The van der Waals surface area contributed by atoms with Crippen molar-refractivity contribution in [2.24, 2.45) is 0 Å². The van der Waals surface area contributed by atoms with Crippen LogP contribution in [0, 0.1) is 0 Å². The van der Waals surface area contributed by atoms with Crippen LogP contribution in [-0.4, -0.2) is 44.7 Å². The molecule has 0 spiro atoms. The number of carbonyl (C=O) groups excluding carboxylic acids is 1. The number of aromatic nitrogens is 2. The number of rotatable bonds is 5. The van der Waals surface area contributed by atoms with Crippen LogP contribution in [0.15, 0.2) is 30.6 Å². The van der Waals surface area contributed by atoms with Crippen molar-refractivity contribution >= 4 is 11.4 Å². The number of fused-ring (bicyclic) bond motifs is 1. The number of pyridine rings is 1. The van der Waals surface area contributed by atoms with Gasteiger partial charge in [0.1, 0.15) is 0 Å². The molecule has 0 unspecified atom stereocenters. The summed E-state index contributed by atoms with van der Waals surface area (Å²) >= 11 is 0. The molecule has 1 aliphatic carbocycles. The van der Waals surface area contributed by atoms with Crippen LogP contribution in [0.4, 0.5) is 0 Å². The Labute approximate surface area is 117 Å². The molecular weight excluding hydrogens is 254 g/mol. The lowest BCUT2D eigenvalue weighted by Gasteiger charge is -2.37. The van der Waals surface area contributed by atoms with Gasteiger partial charge in [0.2, 0.25) is 0 Å². The lowest BCUT2D eigenvalue weighted by atomic mass is 9.91. The van der Waals surface area contributed by atoms with Gasteiger partial charge in [0, 0.05) is 25.4 Å². The second-order valence-electron chi connectivity index (χ2n) is 5.25. The number of carbonyl (C=O) groups is 1. The van der Waals surface area contributed by atoms with Gasteiger partial charge in [-0.3, -0.25) is 4.79 Å². The van der Waals surface area contributed by atoms with E-state index in [2.05, 4.69) is 5.10 Å². The molecule has 1 fully saturated rings. The van der Waals surface area contributed by atoms with Crippen molar-refractivity contribution in [2.45, 2.75) is 31.7 Å². The molecule has 0 saturated heterocycles. The summed E-state index contributed by atoms with van der Waals surface area (Å²) in [5, 5.41) is 13.2. The molecule has 2 heterocycles. The highest BCUT2D eigenvalue weighted by atomic mass is 16.3. The van der Waals surface area contributed by atoms with E-state index in [1.54, 1.807) is 10.7 Å². The molecule has 2 aromatic rings. The summed E-state index contributed by atoms with van der Waals surface area (Å²) < 4.78 is 1.72. The van der Waals surface area contributed by atoms with Gasteiger partial charge >= 0.3 is 0 Å². The largest absolute Gasteiger partial charge is 0.396 e. The Balaban J connectivity index is 1.88. The van der Waals surface area contributed by atoms with Crippen molar-refractivity contribution in [2.75, 3.05) is 13.2 Å². The van der Waals surface area contributed by atoms with Gasteiger partial charge in [-0.25, -0.2) is 4.52 Å². The summed E-state index contributed by atoms with van der Waals surface area (Å²) in [6.07, 6.45) is 7.42. The molecule has 1 N–H and O–H groups in total. The lowest BCUT2D eigenvalue weighted by molar-refractivity contribution is 0.0564. The summed E-state index contributed by atoms with van der Waals surface area (Å²) in [7, 11) is 0. The molecule has 0 atom stereocenters. The topological polar surface area (TPSA) is 57.8 Å². The highest BCUT2D eigenvalue weighted by molar-refractivity contribution is 6.00. The maximum Gasteiger partial charge on any atom is 0.257 e. The Morgan fingerprint density at radius 3 is 3.00 bits per heavy atom. The molecule has 0 bridgehead atoms. The number of nitrogens with zero attached hydrogens (tertiary/aromatic N) is 3. The van der Waals surface area contributed by atoms with Crippen molar-refractivity contribution in [3.05, 3.63) is 36.2 Å². The van der Waals surface area contributed by atoms with Gasteiger partial charge in [-0.2, -0.15) is 5.10 Å². The van der Waals surface area contributed by atoms with E-state index in [0.717, 1.165) is 18.4 Å². The molecule has 0 radical (unpaired) electrons. The second kappa shape index (κ2) is 5.63. The Morgan fingerprint density at radius 2 is 2.30 bits per heavy atom. The predicted octanol–water partition coefficient (Wildman–Crippen LogP) is 1.71. The summed E-state index contributed by atoms with van der Waals surface area (Å²) in [6, 6.07) is 6.04. The van der Waals surface area contributed by atoms with Crippen LogP contribution in [0.5, 0.6) is 0 Å².